The van der Waals surface area contributed by atoms with Crippen molar-refractivity contribution in [2.75, 3.05) is 11.5 Å². The monoisotopic (exact) mass is 342 g/mol. The molecule has 0 aromatic heterocycles. The van der Waals surface area contributed by atoms with Crippen molar-refractivity contribution in [2.24, 2.45) is 0 Å². The van der Waals surface area contributed by atoms with Gasteiger partial charge in [0.25, 0.3) is 0 Å². The standard InChI is InChI=1S/C11H13Cl2O2PS2/c1-3-7-18-16(14,17-4-2)15-11-6-5-9(12)8-10(11)13/h3,5-6,8H,1,4,7H2,2H3. The molecule has 0 N–H and O–H groups in total. The summed E-state index contributed by atoms with van der Waals surface area (Å²) >= 11 is 14.3. The molecule has 1 rings (SSSR count). The highest BCUT2D eigenvalue weighted by atomic mass is 35.5. The van der Waals surface area contributed by atoms with Crippen LogP contribution in [0.5, 0.6) is 5.75 Å². The van der Waals surface area contributed by atoms with Crippen LogP contribution >= 0.6 is 51.7 Å². The van der Waals surface area contributed by atoms with Gasteiger partial charge in [0.15, 0.2) is 0 Å². The molecule has 0 spiro atoms. The minimum atomic E-state index is -2.87. The van der Waals surface area contributed by atoms with Gasteiger partial charge in [-0.3, -0.25) is 4.57 Å². The first-order chi connectivity index (χ1) is 8.50. The van der Waals surface area contributed by atoms with E-state index in [1.165, 1.54) is 22.8 Å². The SMILES string of the molecule is C=CCSP(=O)(Oc1ccc(Cl)cc1Cl)SCC. The zero-order chi connectivity index (χ0) is 13.6. The van der Waals surface area contributed by atoms with Crippen LogP contribution in [0.15, 0.2) is 30.9 Å². The van der Waals surface area contributed by atoms with Crippen molar-refractivity contribution in [3.8, 4) is 5.75 Å². The van der Waals surface area contributed by atoms with Gasteiger partial charge in [-0.25, -0.2) is 0 Å². The van der Waals surface area contributed by atoms with E-state index < -0.39 is 5.77 Å². The quantitative estimate of drug-likeness (QED) is 0.438. The lowest BCUT2D eigenvalue weighted by Gasteiger charge is -2.17. The lowest BCUT2D eigenvalue weighted by Crippen LogP contribution is -1.89. The molecule has 0 aliphatic carbocycles. The number of benzene rings is 1. The molecule has 0 radical (unpaired) electrons. The summed E-state index contributed by atoms with van der Waals surface area (Å²) in [6.45, 7) is 5.54. The molecule has 0 heterocycles. The molecule has 0 aliphatic heterocycles. The van der Waals surface area contributed by atoms with E-state index in [1.54, 1.807) is 24.3 Å². The zero-order valence-corrected chi connectivity index (χ0v) is 13.8. The fourth-order valence-electron chi connectivity index (χ4n) is 1.06. The predicted molar refractivity (Wildman–Crippen MR) is 85.5 cm³/mol. The van der Waals surface area contributed by atoms with Crippen LogP contribution in [0.3, 0.4) is 0 Å². The molecule has 0 saturated heterocycles. The Balaban J connectivity index is 2.88. The van der Waals surface area contributed by atoms with E-state index >= 15 is 0 Å². The maximum atomic E-state index is 12.5. The van der Waals surface area contributed by atoms with E-state index in [9.17, 15) is 4.57 Å². The fourth-order valence-corrected chi connectivity index (χ4v) is 7.75. The van der Waals surface area contributed by atoms with Crippen LogP contribution in [0, 0.1) is 0 Å². The van der Waals surface area contributed by atoms with Gasteiger partial charge in [-0.2, -0.15) is 0 Å². The molecule has 1 aromatic rings. The van der Waals surface area contributed by atoms with Gasteiger partial charge >= 0.3 is 5.77 Å². The number of halogens is 2. The Morgan fingerprint density at radius 3 is 2.72 bits per heavy atom. The maximum Gasteiger partial charge on any atom is 0.360 e. The Labute approximate surface area is 125 Å². The van der Waals surface area contributed by atoms with Crippen LogP contribution in [-0.2, 0) is 4.57 Å². The largest absolute Gasteiger partial charge is 0.427 e. The lowest BCUT2D eigenvalue weighted by atomic mass is 10.3. The van der Waals surface area contributed by atoms with Crippen molar-refractivity contribution in [1.29, 1.82) is 0 Å². The molecule has 1 aromatic carbocycles. The topological polar surface area (TPSA) is 26.3 Å². The van der Waals surface area contributed by atoms with E-state index in [4.69, 9.17) is 27.7 Å². The average Bonchev–Trinajstić information content (AvgIpc) is 2.31. The first kappa shape index (κ1) is 16.3. The molecule has 0 aliphatic rings. The minimum Gasteiger partial charge on any atom is -0.427 e. The Hall–Kier alpha value is 0.270. The third-order valence-electron chi connectivity index (χ3n) is 1.74. The number of rotatable bonds is 7. The molecule has 0 fully saturated rings. The van der Waals surface area contributed by atoms with E-state index in [0.717, 1.165) is 0 Å². The van der Waals surface area contributed by atoms with Gasteiger partial charge in [-0.1, -0.05) is 36.2 Å². The molecule has 1 atom stereocenters. The normalized spacial score (nSPS) is 13.9. The summed E-state index contributed by atoms with van der Waals surface area (Å²) in [6.07, 6.45) is 1.69. The Morgan fingerprint density at radius 2 is 2.17 bits per heavy atom. The molecule has 18 heavy (non-hydrogen) atoms. The van der Waals surface area contributed by atoms with E-state index in [0.29, 0.717) is 27.3 Å². The van der Waals surface area contributed by atoms with Crippen molar-refractivity contribution < 1.29 is 9.09 Å². The minimum absolute atomic E-state index is 0.360. The molecular weight excluding hydrogens is 330 g/mol. The van der Waals surface area contributed by atoms with Gasteiger partial charge < -0.3 is 4.52 Å². The molecule has 0 amide bonds. The van der Waals surface area contributed by atoms with Gasteiger partial charge in [-0.05, 0) is 41.0 Å². The highest BCUT2D eigenvalue weighted by Gasteiger charge is 2.26. The van der Waals surface area contributed by atoms with Crippen molar-refractivity contribution in [1.82, 2.24) is 0 Å². The van der Waals surface area contributed by atoms with Crippen LogP contribution < -0.4 is 4.52 Å². The third-order valence-corrected chi connectivity index (χ3v) is 9.43. The molecular formula is C11H13Cl2O2PS2. The van der Waals surface area contributed by atoms with Crippen LogP contribution in [0.2, 0.25) is 10.0 Å². The van der Waals surface area contributed by atoms with Crippen molar-refractivity contribution in [3.05, 3.63) is 40.9 Å². The highest BCUT2D eigenvalue weighted by Crippen LogP contribution is 2.69. The average molecular weight is 343 g/mol. The lowest BCUT2D eigenvalue weighted by molar-refractivity contribution is 0.515. The molecule has 1 unspecified atom stereocenters. The van der Waals surface area contributed by atoms with E-state index in [2.05, 4.69) is 6.58 Å². The molecule has 2 nitrogen and oxygen atoms in total. The van der Waals surface area contributed by atoms with Gasteiger partial charge in [-0.15, -0.1) is 6.58 Å². The summed E-state index contributed by atoms with van der Waals surface area (Å²) in [5, 5.41) is 0.878. The van der Waals surface area contributed by atoms with Crippen LogP contribution in [-0.4, -0.2) is 11.5 Å². The van der Waals surface area contributed by atoms with E-state index in [-0.39, 0.29) is 0 Å². The maximum absolute atomic E-state index is 12.5. The summed E-state index contributed by atoms with van der Waals surface area (Å²) in [5.74, 6) is -1.21. The number of hydrogen-bond acceptors (Lipinski definition) is 4. The van der Waals surface area contributed by atoms with Crippen molar-refractivity contribution in [2.45, 2.75) is 6.92 Å². The summed E-state index contributed by atoms with van der Waals surface area (Å²) in [4.78, 5) is 0. The molecule has 100 valence electrons. The second-order valence-corrected chi connectivity index (χ2v) is 11.6. The summed E-state index contributed by atoms with van der Waals surface area (Å²) in [6, 6.07) is 4.85. The second-order valence-electron chi connectivity index (χ2n) is 3.12. The van der Waals surface area contributed by atoms with Crippen molar-refractivity contribution >= 4 is 51.7 Å². The Bertz CT molecular complexity index is 468. The van der Waals surface area contributed by atoms with Gasteiger partial charge in [0.1, 0.15) is 5.75 Å². The van der Waals surface area contributed by atoms with Crippen LogP contribution in [0.1, 0.15) is 6.92 Å². The van der Waals surface area contributed by atoms with Gasteiger partial charge in [0.05, 0.1) is 5.02 Å². The highest BCUT2D eigenvalue weighted by molar-refractivity contribution is 8.89. The molecule has 0 saturated carbocycles. The van der Waals surface area contributed by atoms with Crippen LogP contribution in [0.4, 0.5) is 0 Å². The summed E-state index contributed by atoms with van der Waals surface area (Å²) in [5.41, 5.74) is 0. The fraction of sp³-hybridized carbons (Fsp3) is 0.273. The van der Waals surface area contributed by atoms with Crippen molar-refractivity contribution in [3.63, 3.8) is 0 Å². The Morgan fingerprint density at radius 1 is 1.44 bits per heavy atom. The Kier molecular flexibility index (Phi) is 7.04. The van der Waals surface area contributed by atoms with Gasteiger partial charge in [0.2, 0.25) is 0 Å². The van der Waals surface area contributed by atoms with Crippen LogP contribution in [0.25, 0.3) is 0 Å². The first-order valence-electron chi connectivity index (χ1n) is 5.15. The molecule has 7 heteroatoms. The summed E-state index contributed by atoms with van der Waals surface area (Å²) < 4.78 is 18.1. The predicted octanol–water partition coefficient (Wildman–Crippen LogP) is 6.15. The summed E-state index contributed by atoms with van der Waals surface area (Å²) in [7, 11) is 0. The zero-order valence-electron chi connectivity index (χ0n) is 9.77. The second kappa shape index (κ2) is 7.76. The number of hydrogen-bond donors (Lipinski definition) is 0. The molecule has 0 bridgehead atoms. The van der Waals surface area contributed by atoms with E-state index in [1.807, 2.05) is 6.92 Å². The third kappa shape index (κ3) is 5.10. The first-order valence-corrected chi connectivity index (χ1v) is 10.7. The van der Waals surface area contributed by atoms with Gasteiger partial charge in [0, 0.05) is 16.5 Å². The smallest absolute Gasteiger partial charge is 0.360 e.